The van der Waals surface area contributed by atoms with E-state index in [1.807, 2.05) is 52.3 Å². The summed E-state index contributed by atoms with van der Waals surface area (Å²) in [7, 11) is 0. The standard InChI is InChI=1S/C19H21ClN2O2/c20-10-4-9-18(23)21-11-13-22(14-12-21)19(24)17-8-3-6-15-5-1-2-7-16(15)17/h1-3,5-8H,4,9-14H2. The van der Waals surface area contributed by atoms with E-state index in [0.717, 1.165) is 16.3 Å². The Balaban J connectivity index is 1.68. The highest BCUT2D eigenvalue weighted by molar-refractivity contribution is 6.17. The first-order valence-electron chi connectivity index (χ1n) is 8.31. The van der Waals surface area contributed by atoms with Gasteiger partial charge in [0.15, 0.2) is 0 Å². The second-order valence-corrected chi connectivity index (χ2v) is 6.37. The number of carbonyl (C=O) groups is 2. The highest BCUT2D eigenvalue weighted by atomic mass is 35.5. The Bertz CT molecular complexity index is 734. The summed E-state index contributed by atoms with van der Waals surface area (Å²) >= 11 is 5.64. The Hall–Kier alpha value is -2.07. The summed E-state index contributed by atoms with van der Waals surface area (Å²) in [4.78, 5) is 28.6. The second kappa shape index (κ2) is 7.67. The molecule has 1 aliphatic heterocycles. The van der Waals surface area contributed by atoms with Crippen LogP contribution in [0.4, 0.5) is 0 Å². The third kappa shape index (κ3) is 3.54. The maximum atomic E-state index is 12.9. The number of halogens is 1. The van der Waals surface area contributed by atoms with E-state index >= 15 is 0 Å². The van der Waals surface area contributed by atoms with Gasteiger partial charge in [0.1, 0.15) is 0 Å². The van der Waals surface area contributed by atoms with Crippen molar-refractivity contribution in [3.05, 3.63) is 48.0 Å². The summed E-state index contributed by atoms with van der Waals surface area (Å²) in [6.07, 6.45) is 1.19. The number of benzene rings is 2. The molecule has 4 nitrogen and oxygen atoms in total. The average molecular weight is 345 g/mol. The molecule has 0 N–H and O–H groups in total. The zero-order valence-corrected chi connectivity index (χ0v) is 14.3. The topological polar surface area (TPSA) is 40.6 Å². The van der Waals surface area contributed by atoms with Gasteiger partial charge >= 0.3 is 0 Å². The van der Waals surface area contributed by atoms with Crippen molar-refractivity contribution in [2.75, 3.05) is 32.1 Å². The molecule has 0 bridgehead atoms. The van der Waals surface area contributed by atoms with Gasteiger partial charge in [-0.25, -0.2) is 0 Å². The van der Waals surface area contributed by atoms with Gasteiger partial charge < -0.3 is 9.80 Å². The van der Waals surface area contributed by atoms with Crippen LogP contribution < -0.4 is 0 Å². The van der Waals surface area contributed by atoms with Gasteiger partial charge in [-0.15, -0.1) is 11.6 Å². The fourth-order valence-electron chi connectivity index (χ4n) is 3.12. The van der Waals surface area contributed by atoms with Crippen molar-refractivity contribution in [3.8, 4) is 0 Å². The maximum Gasteiger partial charge on any atom is 0.254 e. The SMILES string of the molecule is O=C(CCCCl)N1CCN(C(=O)c2cccc3ccccc23)CC1. The molecule has 2 aromatic rings. The fraction of sp³-hybridized carbons (Fsp3) is 0.368. The van der Waals surface area contributed by atoms with E-state index in [9.17, 15) is 9.59 Å². The molecule has 5 heteroatoms. The Morgan fingerprint density at radius 3 is 2.33 bits per heavy atom. The van der Waals surface area contributed by atoms with Gasteiger partial charge in [0.25, 0.3) is 5.91 Å². The average Bonchev–Trinajstić information content (AvgIpc) is 2.65. The Morgan fingerprint density at radius 2 is 1.58 bits per heavy atom. The lowest BCUT2D eigenvalue weighted by Crippen LogP contribution is -2.50. The molecule has 126 valence electrons. The lowest BCUT2D eigenvalue weighted by molar-refractivity contribution is -0.132. The van der Waals surface area contributed by atoms with E-state index in [-0.39, 0.29) is 11.8 Å². The van der Waals surface area contributed by atoms with Crippen LogP contribution in [0.3, 0.4) is 0 Å². The van der Waals surface area contributed by atoms with Crippen LogP contribution in [0.25, 0.3) is 10.8 Å². The molecule has 0 unspecified atom stereocenters. The third-order valence-electron chi connectivity index (χ3n) is 4.46. The van der Waals surface area contributed by atoms with Crippen molar-refractivity contribution < 1.29 is 9.59 Å². The van der Waals surface area contributed by atoms with Crippen LogP contribution in [0.1, 0.15) is 23.2 Å². The number of rotatable bonds is 4. The number of nitrogens with zero attached hydrogens (tertiary/aromatic N) is 2. The lowest BCUT2D eigenvalue weighted by Gasteiger charge is -2.35. The van der Waals surface area contributed by atoms with Gasteiger partial charge in [-0.2, -0.15) is 0 Å². The molecule has 0 radical (unpaired) electrons. The van der Waals surface area contributed by atoms with Crippen molar-refractivity contribution in [1.29, 1.82) is 0 Å². The van der Waals surface area contributed by atoms with Gasteiger partial charge in [0.05, 0.1) is 0 Å². The number of amides is 2. The summed E-state index contributed by atoms with van der Waals surface area (Å²) in [5, 5.41) is 2.05. The number of hydrogen-bond donors (Lipinski definition) is 0. The van der Waals surface area contributed by atoms with Crippen LogP contribution in [0.15, 0.2) is 42.5 Å². The first-order valence-corrected chi connectivity index (χ1v) is 8.85. The van der Waals surface area contributed by atoms with Gasteiger partial charge in [0.2, 0.25) is 5.91 Å². The minimum Gasteiger partial charge on any atom is -0.339 e. The first-order chi connectivity index (χ1) is 11.7. The van der Waals surface area contributed by atoms with Crippen LogP contribution in [-0.2, 0) is 4.79 Å². The summed E-state index contributed by atoms with van der Waals surface area (Å²) < 4.78 is 0. The van der Waals surface area contributed by atoms with Crippen molar-refractivity contribution in [2.24, 2.45) is 0 Å². The molecule has 1 fully saturated rings. The van der Waals surface area contributed by atoms with Crippen LogP contribution >= 0.6 is 11.6 Å². The van der Waals surface area contributed by atoms with E-state index in [0.29, 0.717) is 44.9 Å². The molecule has 0 saturated carbocycles. The fourth-order valence-corrected chi connectivity index (χ4v) is 3.25. The molecule has 24 heavy (non-hydrogen) atoms. The highest BCUT2D eigenvalue weighted by Gasteiger charge is 2.25. The first kappa shape index (κ1) is 16.8. The van der Waals surface area contributed by atoms with Crippen LogP contribution in [0.2, 0.25) is 0 Å². The largest absolute Gasteiger partial charge is 0.339 e. The highest BCUT2D eigenvalue weighted by Crippen LogP contribution is 2.20. The Labute approximate surface area is 147 Å². The van der Waals surface area contributed by atoms with Crippen molar-refractivity contribution in [2.45, 2.75) is 12.8 Å². The quantitative estimate of drug-likeness (QED) is 0.799. The molecule has 2 aromatic carbocycles. The van der Waals surface area contributed by atoms with Gasteiger partial charge in [-0.3, -0.25) is 9.59 Å². The van der Waals surface area contributed by atoms with Gasteiger partial charge in [0, 0.05) is 44.0 Å². The van der Waals surface area contributed by atoms with Crippen molar-refractivity contribution in [3.63, 3.8) is 0 Å². The van der Waals surface area contributed by atoms with Crippen LogP contribution in [-0.4, -0.2) is 53.7 Å². The molecule has 0 spiro atoms. The smallest absolute Gasteiger partial charge is 0.254 e. The van der Waals surface area contributed by atoms with Crippen molar-refractivity contribution >= 4 is 34.2 Å². The number of carbonyl (C=O) groups excluding carboxylic acids is 2. The third-order valence-corrected chi connectivity index (χ3v) is 4.73. The lowest BCUT2D eigenvalue weighted by atomic mass is 10.0. The van der Waals surface area contributed by atoms with E-state index in [2.05, 4.69) is 0 Å². The molecule has 0 atom stereocenters. The van der Waals surface area contributed by atoms with Gasteiger partial charge in [-0.05, 0) is 23.3 Å². The zero-order chi connectivity index (χ0) is 16.9. The number of hydrogen-bond acceptors (Lipinski definition) is 2. The molecule has 1 aliphatic rings. The number of piperazine rings is 1. The minimum absolute atomic E-state index is 0.0413. The summed E-state index contributed by atoms with van der Waals surface area (Å²) in [6, 6.07) is 13.7. The molecular formula is C19H21ClN2O2. The van der Waals surface area contributed by atoms with E-state index in [1.165, 1.54) is 0 Å². The molecule has 0 aromatic heterocycles. The minimum atomic E-state index is 0.0413. The van der Waals surface area contributed by atoms with E-state index in [4.69, 9.17) is 11.6 Å². The summed E-state index contributed by atoms with van der Waals surface area (Å²) in [5.74, 6) is 0.679. The number of fused-ring (bicyclic) bond motifs is 1. The maximum absolute atomic E-state index is 12.9. The zero-order valence-electron chi connectivity index (χ0n) is 13.6. The Morgan fingerprint density at radius 1 is 0.917 bits per heavy atom. The molecule has 1 saturated heterocycles. The summed E-state index contributed by atoms with van der Waals surface area (Å²) in [5.41, 5.74) is 0.731. The molecule has 2 amide bonds. The normalized spacial score (nSPS) is 14.9. The molecule has 0 aliphatic carbocycles. The van der Waals surface area contributed by atoms with Crippen molar-refractivity contribution in [1.82, 2.24) is 9.80 Å². The molecular weight excluding hydrogens is 324 g/mol. The predicted octanol–water partition coefficient (Wildman–Crippen LogP) is 3.14. The molecule has 1 heterocycles. The van der Waals surface area contributed by atoms with Crippen LogP contribution in [0, 0.1) is 0 Å². The van der Waals surface area contributed by atoms with E-state index in [1.54, 1.807) is 0 Å². The predicted molar refractivity (Wildman–Crippen MR) is 96.4 cm³/mol. The second-order valence-electron chi connectivity index (χ2n) is 5.99. The Kier molecular flexibility index (Phi) is 5.36. The monoisotopic (exact) mass is 344 g/mol. The van der Waals surface area contributed by atoms with Crippen LogP contribution in [0.5, 0.6) is 0 Å². The number of alkyl halides is 1. The van der Waals surface area contributed by atoms with E-state index < -0.39 is 0 Å². The van der Waals surface area contributed by atoms with Gasteiger partial charge in [-0.1, -0.05) is 36.4 Å². The summed E-state index contributed by atoms with van der Waals surface area (Å²) in [6.45, 7) is 2.35. The molecule has 3 rings (SSSR count).